The van der Waals surface area contributed by atoms with Gasteiger partial charge in [-0.05, 0) is 37.5 Å². The maximum Gasteiger partial charge on any atom is 0.232 e. The SMILES string of the molecule is Cc1ccc(N2CC(c3nc(C4CC4)no3)CC2=O)cc1F. The molecule has 22 heavy (non-hydrogen) atoms. The van der Waals surface area contributed by atoms with E-state index < -0.39 is 0 Å². The van der Waals surface area contributed by atoms with Gasteiger partial charge in [0.25, 0.3) is 0 Å². The summed E-state index contributed by atoms with van der Waals surface area (Å²) in [6.07, 6.45) is 2.54. The second-order valence-electron chi connectivity index (χ2n) is 6.10. The van der Waals surface area contributed by atoms with E-state index in [9.17, 15) is 9.18 Å². The highest BCUT2D eigenvalue weighted by Gasteiger charge is 2.37. The molecule has 1 saturated carbocycles. The van der Waals surface area contributed by atoms with Crippen molar-refractivity contribution in [3.8, 4) is 0 Å². The number of benzene rings is 1. The lowest BCUT2D eigenvalue weighted by Gasteiger charge is -2.16. The van der Waals surface area contributed by atoms with Crippen LogP contribution in [0, 0.1) is 12.7 Å². The van der Waals surface area contributed by atoms with Crippen molar-refractivity contribution in [3.63, 3.8) is 0 Å². The Labute approximate surface area is 127 Å². The van der Waals surface area contributed by atoms with Crippen molar-refractivity contribution in [2.75, 3.05) is 11.4 Å². The number of anilines is 1. The molecule has 1 atom stereocenters. The van der Waals surface area contributed by atoms with E-state index in [0.29, 0.717) is 36.0 Å². The first-order valence-corrected chi connectivity index (χ1v) is 7.52. The van der Waals surface area contributed by atoms with Gasteiger partial charge in [0.15, 0.2) is 5.82 Å². The lowest BCUT2D eigenvalue weighted by molar-refractivity contribution is -0.117. The average molecular weight is 301 g/mol. The number of halogens is 1. The Morgan fingerprint density at radius 2 is 2.14 bits per heavy atom. The molecule has 2 heterocycles. The highest BCUT2D eigenvalue weighted by molar-refractivity contribution is 5.96. The molecule has 4 rings (SSSR count). The quantitative estimate of drug-likeness (QED) is 0.874. The van der Waals surface area contributed by atoms with Crippen LogP contribution in [0.5, 0.6) is 0 Å². The van der Waals surface area contributed by atoms with Gasteiger partial charge in [-0.3, -0.25) is 4.79 Å². The zero-order valence-corrected chi connectivity index (χ0v) is 12.3. The van der Waals surface area contributed by atoms with Crippen LogP contribution in [0.1, 0.15) is 48.4 Å². The number of hydrogen-bond acceptors (Lipinski definition) is 4. The molecule has 6 heteroatoms. The van der Waals surface area contributed by atoms with E-state index in [1.54, 1.807) is 24.0 Å². The van der Waals surface area contributed by atoms with Crippen LogP contribution >= 0.6 is 0 Å². The van der Waals surface area contributed by atoms with Crippen molar-refractivity contribution in [2.45, 2.75) is 38.0 Å². The second kappa shape index (κ2) is 4.90. The van der Waals surface area contributed by atoms with E-state index >= 15 is 0 Å². The fraction of sp³-hybridized carbons (Fsp3) is 0.438. The highest BCUT2D eigenvalue weighted by atomic mass is 19.1. The smallest absolute Gasteiger partial charge is 0.232 e. The summed E-state index contributed by atoms with van der Waals surface area (Å²) in [6.45, 7) is 2.15. The molecule has 2 aromatic rings. The highest BCUT2D eigenvalue weighted by Crippen LogP contribution is 2.39. The molecule has 2 aliphatic rings. The van der Waals surface area contributed by atoms with Crippen LogP contribution in [0.4, 0.5) is 10.1 Å². The van der Waals surface area contributed by atoms with E-state index in [0.717, 1.165) is 18.7 Å². The molecule has 0 radical (unpaired) electrons. The first-order valence-electron chi connectivity index (χ1n) is 7.52. The van der Waals surface area contributed by atoms with Crippen molar-refractivity contribution in [2.24, 2.45) is 0 Å². The maximum atomic E-state index is 13.7. The van der Waals surface area contributed by atoms with Gasteiger partial charge in [0.05, 0.1) is 5.92 Å². The van der Waals surface area contributed by atoms with Crippen molar-refractivity contribution >= 4 is 11.6 Å². The molecule has 1 aliphatic carbocycles. The second-order valence-corrected chi connectivity index (χ2v) is 6.10. The van der Waals surface area contributed by atoms with Crippen LogP contribution in [0.2, 0.25) is 0 Å². The van der Waals surface area contributed by atoms with Gasteiger partial charge in [-0.2, -0.15) is 4.98 Å². The zero-order chi connectivity index (χ0) is 15.3. The average Bonchev–Trinajstić information content (AvgIpc) is 3.10. The Morgan fingerprint density at radius 1 is 1.32 bits per heavy atom. The molecule has 114 valence electrons. The number of aryl methyl sites for hydroxylation is 1. The third kappa shape index (κ3) is 2.28. The molecule has 0 N–H and O–H groups in total. The predicted molar refractivity (Wildman–Crippen MR) is 77.1 cm³/mol. The van der Waals surface area contributed by atoms with E-state index in [4.69, 9.17) is 4.52 Å². The summed E-state index contributed by atoms with van der Waals surface area (Å²) in [5.74, 6) is 1.24. The number of carbonyl (C=O) groups excluding carboxylic acids is 1. The molecule has 0 spiro atoms. The van der Waals surface area contributed by atoms with E-state index in [2.05, 4.69) is 10.1 Å². The van der Waals surface area contributed by atoms with Crippen LogP contribution in [0.3, 0.4) is 0 Å². The van der Waals surface area contributed by atoms with Crippen LogP contribution in [-0.2, 0) is 4.79 Å². The summed E-state index contributed by atoms with van der Waals surface area (Å²) in [7, 11) is 0. The molecular weight excluding hydrogens is 285 g/mol. The fourth-order valence-electron chi connectivity index (χ4n) is 2.79. The Morgan fingerprint density at radius 3 is 2.86 bits per heavy atom. The molecule has 5 nitrogen and oxygen atoms in total. The molecule has 2 fully saturated rings. The Bertz CT molecular complexity index is 739. The summed E-state index contributed by atoms with van der Waals surface area (Å²) in [5.41, 5.74) is 1.15. The van der Waals surface area contributed by atoms with Crippen molar-refractivity contribution in [1.82, 2.24) is 10.1 Å². The lowest BCUT2D eigenvalue weighted by Crippen LogP contribution is -2.24. The topological polar surface area (TPSA) is 59.2 Å². The number of carbonyl (C=O) groups is 1. The monoisotopic (exact) mass is 301 g/mol. The maximum absolute atomic E-state index is 13.7. The van der Waals surface area contributed by atoms with Crippen molar-refractivity contribution < 1.29 is 13.7 Å². The van der Waals surface area contributed by atoms with Gasteiger partial charge in [0, 0.05) is 24.6 Å². The number of rotatable bonds is 3. The van der Waals surface area contributed by atoms with E-state index in [-0.39, 0.29) is 17.6 Å². The van der Waals surface area contributed by atoms with E-state index in [1.807, 2.05) is 0 Å². The Kier molecular flexibility index (Phi) is 2.99. The normalized spacial score (nSPS) is 21.6. The molecule has 1 saturated heterocycles. The third-order valence-corrected chi connectivity index (χ3v) is 4.34. The van der Waals surface area contributed by atoms with Crippen molar-refractivity contribution in [3.05, 3.63) is 41.3 Å². The van der Waals surface area contributed by atoms with E-state index in [1.165, 1.54) is 6.07 Å². The molecule has 1 aromatic carbocycles. The number of aromatic nitrogens is 2. The summed E-state index contributed by atoms with van der Waals surface area (Å²) in [4.78, 5) is 18.2. The molecular formula is C16H16FN3O2. The van der Waals surface area contributed by atoms with Gasteiger partial charge >= 0.3 is 0 Å². The van der Waals surface area contributed by atoms with Gasteiger partial charge in [-0.1, -0.05) is 11.2 Å². The summed E-state index contributed by atoms with van der Waals surface area (Å²) in [6, 6.07) is 4.85. The molecule has 1 amide bonds. The Balaban J connectivity index is 1.55. The van der Waals surface area contributed by atoms with Gasteiger partial charge < -0.3 is 9.42 Å². The molecule has 1 aromatic heterocycles. The minimum Gasteiger partial charge on any atom is -0.339 e. The van der Waals surface area contributed by atoms with Crippen molar-refractivity contribution in [1.29, 1.82) is 0 Å². The standard InChI is InChI=1S/C16H16FN3O2/c1-9-2-5-12(7-13(9)17)20-8-11(6-14(20)21)16-18-15(19-22-16)10-3-4-10/h2,5,7,10-11H,3-4,6,8H2,1H3. The third-order valence-electron chi connectivity index (χ3n) is 4.34. The Hall–Kier alpha value is -2.24. The molecule has 1 aliphatic heterocycles. The van der Waals surface area contributed by atoms with Crippen LogP contribution in [-0.4, -0.2) is 22.6 Å². The van der Waals surface area contributed by atoms with Gasteiger partial charge in [0.2, 0.25) is 11.8 Å². The molecule has 1 unspecified atom stereocenters. The predicted octanol–water partition coefficient (Wildman–Crippen LogP) is 2.92. The van der Waals surface area contributed by atoms with Gasteiger partial charge in [-0.15, -0.1) is 0 Å². The zero-order valence-electron chi connectivity index (χ0n) is 12.3. The number of nitrogens with zero attached hydrogens (tertiary/aromatic N) is 3. The minimum atomic E-state index is -0.303. The number of amides is 1. The minimum absolute atomic E-state index is 0.0422. The summed E-state index contributed by atoms with van der Waals surface area (Å²) >= 11 is 0. The summed E-state index contributed by atoms with van der Waals surface area (Å²) < 4.78 is 19.0. The summed E-state index contributed by atoms with van der Waals surface area (Å²) in [5, 5.41) is 4.00. The van der Waals surface area contributed by atoms with Gasteiger partial charge in [-0.25, -0.2) is 4.39 Å². The fourth-order valence-corrected chi connectivity index (χ4v) is 2.79. The first-order chi connectivity index (χ1) is 10.6. The van der Waals surface area contributed by atoms with Crippen LogP contribution < -0.4 is 4.90 Å². The first kappa shape index (κ1) is 13.4. The lowest BCUT2D eigenvalue weighted by atomic mass is 10.1. The number of hydrogen-bond donors (Lipinski definition) is 0. The van der Waals surface area contributed by atoms with Crippen LogP contribution in [0.15, 0.2) is 22.7 Å². The molecule has 0 bridgehead atoms. The largest absolute Gasteiger partial charge is 0.339 e. The van der Waals surface area contributed by atoms with Crippen LogP contribution in [0.25, 0.3) is 0 Å². The van der Waals surface area contributed by atoms with Gasteiger partial charge in [0.1, 0.15) is 5.82 Å².